The van der Waals surface area contributed by atoms with E-state index in [1.54, 1.807) is 0 Å². The van der Waals surface area contributed by atoms with Crippen LogP contribution < -0.4 is 5.32 Å². The first-order valence-corrected chi connectivity index (χ1v) is 5.88. The van der Waals surface area contributed by atoms with Crippen molar-refractivity contribution in [1.29, 1.82) is 0 Å². The number of rotatable bonds is 4. The molecule has 15 heavy (non-hydrogen) atoms. The summed E-state index contributed by atoms with van der Waals surface area (Å²) in [5.74, 6) is 1.09. The van der Waals surface area contributed by atoms with Gasteiger partial charge in [-0.25, -0.2) is 0 Å². The van der Waals surface area contributed by atoms with Crippen LogP contribution in [-0.2, 0) is 9.59 Å². The van der Waals surface area contributed by atoms with Crippen molar-refractivity contribution in [1.82, 2.24) is 5.32 Å². The molecule has 2 atom stereocenters. The third kappa shape index (κ3) is 4.02. The van der Waals surface area contributed by atoms with Crippen LogP contribution in [0.15, 0.2) is 0 Å². The molecule has 1 aliphatic rings. The smallest absolute Gasteiger partial charge is 0.216 e. The van der Waals surface area contributed by atoms with Crippen molar-refractivity contribution in [2.75, 3.05) is 6.54 Å². The molecule has 0 aromatic carbocycles. The first kappa shape index (κ1) is 12.2. The van der Waals surface area contributed by atoms with Crippen LogP contribution in [0.3, 0.4) is 0 Å². The predicted octanol–water partition coefficient (Wildman–Crippen LogP) is 1.91. The summed E-state index contributed by atoms with van der Waals surface area (Å²) in [6.45, 7) is 4.34. The predicted molar refractivity (Wildman–Crippen MR) is 59.4 cm³/mol. The summed E-state index contributed by atoms with van der Waals surface area (Å²) >= 11 is 0. The van der Waals surface area contributed by atoms with Gasteiger partial charge in [0.15, 0.2) is 0 Å². The van der Waals surface area contributed by atoms with E-state index < -0.39 is 0 Å². The Balaban J connectivity index is 2.28. The van der Waals surface area contributed by atoms with Crippen molar-refractivity contribution < 1.29 is 9.59 Å². The normalized spacial score (nSPS) is 23.6. The molecule has 0 spiro atoms. The molecule has 3 nitrogen and oxygen atoms in total. The van der Waals surface area contributed by atoms with Crippen LogP contribution in [0.25, 0.3) is 0 Å². The molecule has 1 rings (SSSR count). The molecule has 0 aliphatic heterocycles. The van der Waals surface area contributed by atoms with E-state index in [1.807, 2.05) is 0 Å². The largest absolute Gasteiger partial charge is 0.356 e. The van der Waals surface area contributed by atoms with Crippen LogP contribution in [0.4, 0.5) is 0 Å². The maximum atomic E-state index is 11.6. The maximum Gasteiger partial charge on any atom is 0.216 e. The zero-order chi connectivity index (χ0) is 11.3. The van der Waals surface area contributed by atoms with Gasteiger partial charge in [0, 0.05) is 25.8 Å². The highest BCUT2D eigenvalue weighted by atomic mass is 16.1. The summed E-state index contributed by atoms with van der Waals surface area (Å²) in [5, 5.41) is 2.78. The van der Waals surface area contributed by atoms with Gasteiger partial charge >= 0.3 is 0 Å². The molecule has 1 fully saturated rings. The minimum atomic E-state index is 0.0113. The van der Waals surface area contributed by atoms with E-state index in [0.717, 1.165) is 25.7 Å². The molecule has 1 aliphatic carbocycles. The molecule has 1 saturated carbocycles. The van der Waals surface area contributed by atoms with Gasteiger partial charge in [0.2, 0.25) is 5.91 Å². The molecule has 0 heterocycles. The van der Waals surface area contributed by atoms with E-state index in [0.29, 0.717) is 18.2 Å². The Bertz CT molecular complexity index is 238. The van der Waals surface area contributed by atoms with Gasteiger partial charge in [-0.3, -0.25) is 9.59 Å². The minimum absolute atomic E-state index is 0.0113. The Kier molecular flexibility index (Phi) is 4.79. The van der Waals surface area contributed by atoms with Gasteiger partial charge in [0.25, 0.3) is 0 Å². The van der Waals surface area contributed by atoms with Gasteiger partial charge in [0.1, 0.15) is 5.78 Å². The van der Waals surface area contributed by atoms with Gasteiger partial charge in [-0.05, 0) is 25.2 Å². The lowest BCUT2D eigenvalue weighted by molar-refractivity contribution is -0.126. The molecule has 0 bridgehead atoms. The van der Waals surface area contributed by atoms with Crippen LogP contribution in [0, 0.1) is 11.8 Å². The van der Waals surface area contributed by atoms with Gasteiger partial charge in [-0.1, -0.05) is 13.3 Å². The van der Waals surface area contributed by atoms with Crippen molar-refractivity contribution in [3.05, 3.63) is 0 Å². The van der Waals surface area contributed by atoms with Gasteiger partial charge in [0.05, 0.1) is 0 Å². The standard InChI is InChI=1S/C12H21NO2/c1-9(7-8-13-10(2)14)11-5-3-4-6-12(11)15/h9,11H,3-8H2,1-2H3,(H,13,14). The van der Waals surface area contributed by atoms with Crippen LogP contribution in [-0.4, -0.2) is 18.2 Å². The number of nitrogens with one attached hydrogen (secondary N) is 1. The van der Waals surface area contributed by atoms with Crippen LogP contribution >= 0.6 is 0 Å². The molecule has 0 aromatic heterocycles. The Hall–Kier alpha value is -0.860. The lowest BCUT2D eigenvalue weighted by atomic mass is 9.78. The molecule has 0 radical (unpaired) electrons. The fraction of sp³-hybridized carbons (Fsp3) is 0.833. The van der Waals surface area contributed by atoms with Crippen molar-refractivity contribution in [3.8, 4) is 0 Å². The number of carbonyl (C=O) groups excluding carboxylic acids is 2. The summed E-state index contributed by atoms with van der Waals surface area (Å²) in [6.07, 6.45) is 4.96. The third-order valence-electron chi connectivity index (χ3n) is 3.26. The van der Waals surface area contributed by atoms with Crippen molar-refractivity contribution in [2.24, 2.45) is 11.8 Å². The minimum Gasteiger partial charge on any atom is -0.356 e. The highest BCUT2D eigenvalue weighted by molar-refractivity contribution is 5.81. The van der Waals surface area contributed by atoms with Crippen LogP contribution in [0.2, 0.25) is 0 Å². The zero-order valence-electron chi connectivity index (χ0n) is 9.71. The fourth-order valence-electron chi connectivity index (χ4n) is 2.29. The molecule has 0 aromatic rings. The Morgan fingerprint density at radius 3 is 2.87 bits per heavy atom. The Labute approximate surface area is 91.6 Å². The van der Waals surface area contributed by atoms with E-state index >= 15 is 0 Å². The highest BCUT2D eigenvalue weighted by Crippen LogP contribution is 2.28. The number of carbonyl (C=O) groups is 2. The molecular weight excluding hydrogens is 190 g/mol. The average molecular weight is 211 g/mol. The molecule has 3 heteroatoms. The van der Waals surface area contributed by atoms with Gasteiger partial charge < -0.3 is 5.32 Å². The van der Waals surface area contributed by atoms with E-state index in [4.69, 9.17) is 0 Å². The highest BCUT2D eigenvalue weighted by Gasteiger charge is 2.26. The van der Waals surface area contributed by atoms with E-state index in [-0.39, 0.29) is 11.8 Å². The van der Waals surface area contributed by atoms with Crippen LogP contribution in [0.5, 0.6) is 0 Å². The summed E-state index contributed by atoms with van der Waals surface area (Å²) < 4.78 is 0. The molecular formula is C12H21NO2. The number of ketones is 1. The van der Waals surface area contributed by atoms with Crippen molar-refractivity contribution in [2.45, 2.75) is 46.0 Å². The Morgan fingerprint density at radius 2 is 2.27 bits per heavy atom. The topological polar surface area (TPSA) is 46.2 Å². The van der Waals surface area contributed by atoms with Crippen LogP contribution in [0.1, 0.15) is 46.0 Å². The second kappa shape index (κ2) is 5.89. The monoisotopic (exact) mass is 211 g/mol. The van der Waals surface area contributed by atoms with Crippen molar-refractivity contribution >= 4 is 11.7 Å². The lowest BCUT2D eigenvalue weighted by Crippen LogP contribution is -2.29. The molecule has 1 N–H and O–H groups in total. The van der Waals surface area contributed by atoms with E-state index in [1.165, 1.54) is 13.3 Å². The second-order valence-corrected chi connectivity index (χ2v) is 4.57. The number of hydrogen-bond acceptors (Lipinski definition) is 2. The molecule has 0 saturated heterocycles. The first-order valence-electron chi connectivity index (χ1n) is 5.88. The molecule has 86 valence electrons. The summed E-state index contributed by atoms with van der Waals surface area (Å²) in [4.78, 5) is 22.3. The molecule has 2 unspecified atom stereocenters. The van der Waals surface area contributed by atoms with E-state index in [2.05, 4.69) is 12.2 Å². The SMILES string of the molecule is CC(=O)NCCC(C)C1CCCCC1=O. The lowest BCUT2D eigenvalue weighted by Gasteiger charge is -2.26. The fourth-order valence-corrected chi connectivity index (χ4v) is 2.29. The Morgan fingerprint density at radius 1 is 1.53 bits per heavy atom. The second-order valence-electron chi connectivity index (χ2n) is 4.57. The third-order valence-corrected chi connectivity index (χ3v) is 3.26. The summed E-state index contributed by atoms with van der Waals surface area (Å²) in [6, 6.07) is 0. The molecule has 1 amide bonds. The van der Waals surface area contributed by atoms with Gasteiger partial charge in [-0.15, -0.1) is 0 Å². The van der Waals surface area contributed by atoms with Crippen molar-refractivity contribution in [3.63, 3.8) is 0 Å². The summed E-state index contributed by atoms with van der Waals surface area (Å²) in [7, 11) is 0. The summed E-state index contributed by atoms with van der Waals surface area (Å²) in [5.41, 5.74) is 0. The van der Waals surface area contributed by atoms with E-state index in [9.17, 15) is 9.59 Å². The zero-order valence-corrected chi connectivity index (χ0v) is 9.71. The number of amides is 1. The number of hydrogen-bond donors (Lipinski definition) is 1. The maximum absolute atomic E-state index is 11.6. The average Bonchev–Trinajstić information content (AvgIpc) is 2.17. The first-order chi connectivity index (χ1) is 7.11. The quantitative estimate of drug-likeness (QED) is 0.772. The number of Topliss-reactive ketones (excluding diaryl/α,β-unsaturated/α-hetero) is 1. The van der Waals surface area contributed by atoms with Gasteiger partial charge in [-0.2, -0.15) is 0 Å².